The average Bonchev–Trinajstić information content (AvgIpc) is 2.44. The maximum Gasteiger partial charge on any atom is 0.261 e. The van der Waals surface area contributed by atoms with E-state index in [1.165, 1.54) is 19.2 Å². The SMILES string of the molecule is COc1ccc(S(=O)(=O)Nc2cccc(N)c2N)cc1. The number of nitrogens with two attached hydrogens (primary N) is 2. The summed E-state index contributed by atoms with van der Waals surface area (Å²) in [4.78, 5) is 0.111. The van der Waals surface area contributed by atoms with Gasteiger partial charge in [-0.3, -0.25) is 4.72 Å². The molecule has 6 nitrogen and oxygen atoms in total. The second-order valence-electron chi connectivity index (χ2n) is 4.09. The molecule has 0 aromatic heterocycles. The van der Waals surface area contributed by atoms with Crippen molar-refractivity contribution in [2.75, 3.05) is 23.3 Å². The average molecular weight is 293 g/mol. The Balaban J connectivity index is 2.33. The molecule has 0 atom stereocenters. The number of methoxy groups -OCH3 is 1. The van der Waals surface area contributed by atoms with Gasteiger partial charge in [-0.1, -0.05) is 6.07 Å². The third-order valence-corrected chi connectivity index (χ3v) is 4.14. The lowest BCUT2D eigenvalue weighted by Crippen LogP contribution is -2.14. The van der Waals surface area contributed by atoms with Crippen LogP contribution < -0.4 is 20.9 Å². The van der Waals surface area contributed by atoms with Crippen LogP contribution in [0.15, 0.2) is 47.4 Å². The first-order valence-electron chi connectivity index (χ1n) is 5.75. The van der Waals surface area contributed by atoms with Gasteiger partial charge in [-0.05, 0) is 36.4 Å². The largest absolute Gasteiger partial charge is 0.497 e. The molecule has 106 valence electrons. The molecule has 7 heteroatoms. The molecular weight excluding hydrogens is 278 g/mol. The van der Waals surface area contributed by atoms with Gasteiger partial charge in [0.25, 0.3) is 10.0 Å². The van der Waals surface area contributed by atoms with Crippen LogP contribution in [0.5, 0.6) is 5.75 Å². The predicted molar refractivity (Wildman–Crippen MR) is 79.1 cm³/mol. The fourth-order valence-electron chi connectivity index (χ4n) is 1.63. The van der Waals surface area contributed by atoms with Gasteiger partial charge in [0.15, 0.2) is 0 Å². The number of benzene rings is 2. The lowest BCUT2D eigenvalue weighted by Gasteiger charge is -2.11. The molecule has 2 rings (SSSR count). The first-order chi connectivity index (χ1) is 9.44. The molecule has 0 heterocycles. The first-order valence-corrected chi connectivity index (χ1v) is 7.23. The molecule has 0 radical (unpaired) electrons. The zero-order valence-electron chi connectivity index (χ0n) is 10.8. The number of ether oxygens (including phenoxy) is 1. The Labute approximate surface area is 117 Å². The Bertz CT molecular complexity index is 712. The zero-order chi connectivity index (χ0) is 14.8. The van der Waals surface area contributed by atoms with Gasteiger partial charge in [0.05, 0.1) is 29.1 Å². The standard InChI is InChI=1S/C13H15N3O3S/c1-19-9-5-7-10(8-6-9)20(17,18)16-12-4-2-3-11(14)13(12)15/h2-8,16H,14-15H2,1H3. The summed E-state index contributed by atoms with van der Waals surface area (Å²) >= 11 is 0. The minimum atomic E-state index is -3.72. The Hall–Kier alpha value is -2.41. The number of para-hydroxylation sites is 1. The summed E-state index contributed by atoms with van der Waals surface area (Å²) in [5.41, 5.74) is 12.2. The molecule has 0 unspecified atom stereocenters. The van der Waals surface area contributed by atoms with Crippen LogP contribution in [0.1, 0.15) is 0 Å². The first kappa shape index (κ1) is 14.0. The van der Waals surface area contributed by atoms with Crippen molar-refractivity contribution in [2.24, 2.45) is 0 Å². The number of hydrogen-bond donors (Lipinski definition) is 3. The van der Waals surface area contributed by atoms with Crippen LogP contribution in [0, 0.1) is 0 Å². The lowest BCUT2D eigenvalue weighted by molar-refractivity contribution is 0.414. The zero-order valence-corrected chi connectivity index (χ0v) is 11.6. The predicted octanol–water partition coefficient (Wildman–Crippen LogP) is 1.66. The normalized spacial score (nSPS) is 11.1. The molecule has 0 spiro atoms. The molecule has 0 amide bonds. The summed E-state index contributed by atoms with van der Waals surface area (Å²) in [5.74, 6) is 0.576. The van der Waals surface area contributed by atoms with Crippen LogP contribution in [-0.2, 0) is 10.0 Å². The summed E-state index contributed by atoms with van der Waals surface area (Å²) in [6, 6.07) is 10.8. The second kappa shape index (κ2) is 5.30. The van der Waals surface area contributed by atoms with Gasteiger partial charge >= 0.3 is 0 Å². The molecule has 0 fully saturated rings. The van der Waals surface area contributed by atoms with Crippen LogP contribution >= 0.6 is 0 Å². The van der Waals surface area contributed by atoms with Crippen molar-refractivity contribution in [3.63, 3.8) is 0 Å². The minimum Gasteiger partial charge on any atom is -0.497 e. The van der Waals surface area contributed by atoms with Gasteiger partial charge in [0.1, 0.15) is 5.75 Å². The van der Waals surface area contributed by atoms with Crippen molar-refractivity contribution >= 4 is 27.1 Å². The Morgan fingerprint density at radius 2 is 1.70 bits per heavy atom. The van der Waals surface area contributed by atoms with E-state index in [-0.39, 0.29) is 16.3 Å². The summed E-state index contributed by atoms with van der Waals surface area (Å²) in [5, 5.41) is 0. The molecule has 2 aromatic rings. The number of rotatable bonds is 4. The van der Waals surface area contributed by atoms with Crippen molar-refractivity contribution in [3.05, 3.63) is 42.5 Å². The third kappa shape index (κ3) is 2.77. The molecule has 2 aromatic carbocycles. The smallest absolute Gasteiger partial charge is 0.261 e. The van der Waals surface area contributed by atoms with E-state index in [4.69, 9.17) is 16.2 Å². The van der Waals surface area contributed by atoms with Gasteiger partial charge in [-0.2, -0.15) is 0 Å². The molecule has 5 N–H and O–H groups in total. The summed E-state index contributed by atoms with van der Waals surface area (Å²) in [7, 11) is -2.21. The van der Waals surface area contributed by atoms with Gasteiger partial charge in [0, 0.05) is 0 Å². The Morgan fingerprint density at radius 3 is 2.30 bits per heavy atom. The van der Waals surface area contributed by atoms with Gasteiger partial charge < -0.3 is 16.2 Å². The van der Waals surface area contributed by atoms with Crippen LogP contribution in [0.3, 0.4) is 0 Å². The van der Waals surface area contributed by atoms with E-state index < -0.39 is 10.0 Å². The van der Waals surface area contributed by atoms with E-state index in [0.717, 1.165) is 0 Å². The highest BCUT2D eigenvalue weighted by Crippen LogP contribution is 2.27. The molecule has 0 saturated carbocycles. The quantitative estimate of drug-likeness (QED) is 0.743. The van der Waals surface area contributed by atoms with E-state index in [1.807, 2.05) is 0 Å². The highest BCUT2D eigenvalue weighted by atomic mass is 32.2. The third-order valence-electron chi connectivity index (χ3n) is 2.75. The van der Waals surface area contributed by atoms with Gasteiger partial charge in [-0.15, -0.1) is 0 Å². The summed E-state index contributed by atoms with van der Waals surface area (Å²) in [6.45, 7) is 0. The highest BCUT2D eigenvalue weighted by molar-refractivity contribution is 7.92. The van der Waals surface area contributed by atoms with E-state index >= 15 is 0 Å². The van der Waals surface area contributed by atoms with Crippen molar-refractivity contribution in [2.45, 2.75) is 4.90 Å². The van der Waals surface area contributed by atoms with Crippen molar-refractivity contribution in [1.82, 2.24) is 0 Å². The van der Waals surface area contributed by atoms with Crippen molar-refractivity contribution in [3.8, 4) is 5.75 Å². The van der Waals surface area contributed by atoms with Crippen LogP contribution in [0.4, 0.5) is 17.1 Å². The number of nitrogens with one attached hydrogen (secondary N) is 1. The number of nitrogen functional groups attached to an aromatic ring is 2. The summed E-state index contributed by atoms with van der Waals surface area (Å²) in [6.07, 6.45) is 0. The molecule has 0 aliphatic heterocycles. The Kier molecular flexibility index (Phi) is 3.71. The highest BCUT2D eigenvalue weighted by Gasteiger charge is 2.16. The maximum absolute atomic E-state index is 12.2. The lowest BCUT2D eigenvalue weighted by atomic mass is 10.2. The summed E-state index contributed by atoms with van der Waals surface area (Å²) < 4.78 is 31.8. The van der Waals surface area contributed by atoms with E-state index in [9.17, 15) is 8.42 Å². The van der Waals surface area contributed by atoms with Crippen LogP contribution in [0.25, 0.3) is 0 Å². The minimum absolute atomic E-state index is 0.111. The Morgan fingerprint density at radius 1 is 1.05 bits per heavy atom. The van der Waals surface area contributed by atoms with E-state index in [1.54, 1.807) is 30.3 Å². The topological polar surface area (TPSA) is 107 Å². The number of hydrogen-bond acceptors (Lipinski definition) is 5. The fourth-order valence-corrected chi connectivity index (χ4v) is 2.71. The second-order valence-corrected chi connectivity index (χ2v) is 5.77. The fraction of sp³-hybridized carbons (Fsp3) is 0.0769. The monoisotopic (exact) mass is 293 g/mol. The molecule has 0 saturated heterocycles. The molecule has 0 aliphatic rings. The van der Waals surface area contributed by atoms with Crippen molar-refractivity contribution < 1.29 is 13.2 Å². The molecular formula is C13H15N3O3S. The van der Waals surface area contributed by atoms with Gasteiger partial charge in [0.2, 0.25) is 0 Å². The van der Waals surface area contributed by atoms with E-state index in [0.29, 0.717) is 11.4 Å². The van der Waals surface area contributed by atoms with Gasteiger partial charge in [-0.25, -0.2) is 8.42 Å². The van der Waals surface area contributed by atoms with Crippen LogP contribution in [-0.4, -0.2) is 15.5 Å². The molecule has 20 heavy (non-hydrogen) atoms. The van der Waals surface area contributed by atoms with Crippen molar-refractivity contribution in [1.29, 1.82) is 0 Å². The maximum atomic E-state index is 12.2. The van der Waals surface area contributed by atoms with Crippen LogP contribution in [0.2, 0.25) is 0 Å². The number of sulfonamides is 1. The molecule has 0 aliphatic carbocycles. The molecule has 0 bridgehead atoms. The van der Waals surface area contributed by atoms with E-state index in [2.05, 4.69) is 4.72 Å². The number of anilines is 3.